The molecule has 3 nitrogen and oxygen atoms in total. The van der Waals surface area contributed by atoms with E-state index in [4.69, 9.17) is 16.3 Å². The number of hydrogen-bond donors (Lipinski definition) is 0. The van der Waals surface area contributed by atoms with Crippen molar-refractivity contribution in [1.29, 1.82) is 0 Å². The number of ether oxygens (including phenoxy) is 1. The summed E-state index contributed by atoms with van der Waals surface area (Å²) < 4.78 is 5.17. The molecule has 0 bridgehead atoms. The SMILES string of the molecule is COc1ccc(C(=O)c2ccccn2)cc1CCl. The van der Waals surface area contributed by atoms with Crippen LogP contribution in [-0.2, 0) is 5.88 Å². The van der Waals surface area contributed by atoms with Gasteiger partial charge in [0.25, 0.3) is 0 Å². The van der Waals surface area contributed by atoms with Crippen LogP contribution in [0, 0.1) is 0 Å². The van der Waals surface area contributed by atoms with Crippen LogP contribution in [0.25, 0.3) is 0 Å². The maximum Gasteiger partial charge on any atom is 0.211 e. The van der Waals surface area contributed by atoms with E-state index in [0.29, 0.717) is 22.9 Å². The van der Waals surface area contributed by atoms with Crippen molar-refractivity contribution in [2.45, 2.75) is 5.88 Å². The molecular formula is C14H12ClNO2. The highest BCUT2D eigenvalue weighted by Gasteiger charge is 2.12. The number of ketones is 1. The zero-order chi connectivity index (χ0) is 13.0. The Hall–Kier alpha value is -1.87. The molecule has 0 fully saturated rings. The van der Waals surface area contributed by atoms with Crippen LogP contribution in [-0.4, -0.2) is 17.9 Å². The molecule has 92 valence electrons. The number of aromatic nitrogens is 1. The van der Waals surface area contributed by atoms with E-state index in [-0.39, 0.29) is 5.78 Å². The van der Waals surface area contributed by atoms with E-state index in [0.717, 1.165) is 5.56 Å². The molecule has 0 saturated carbocycles. The second kappa shape index (κ2) is 5.65. The lowest BCUT2D eigenvalue weighted by molar-refractivity contribution is 0.103. The summed E-state index contributed by atoms with van der Waals surface area (Å²) in [5.41, 5.74) is 1.77. The van der Waals surface area contributed by atoms with Gasteiger partial charge < -0.3 is 4.74 Å². The highest BCUT2D eigenvalue weighted by molar-refractivity contribution is 6.17. The Kier molecular flexibility index (Phi) is 3.95. The van der Waals surface area contributed by atoms with Crippen molar-refractivity contribution < 1.29 is 9.53 Å². The van der Waals surface area contributed by atoms with Crippen LogP contribution in [0.5, 0.6) is 5.75 Å². The van der Waals surface area contributed by atoms with Crippen molar-refractivity contribution >= 4 is 17.4 Å². The summed E-state index contributed by atoms with van der Waals surface area (Å²) in [6.45, 7) is 0. The molecule has 0 radical (unpaired) electrons. The predicted molar refractivity (Wildman–Crippen MR) is 70.2 cm³/mol. The van der Waals surface area contributed by atoms with Gasteiger partial charge in [-0.1, -0.05) is 6.07 Å². The van der Waals surface area contributed by atoms with Gasteiger partial charge in [0.2, 0.25) is 5.78 Å². The predicted octanol–water partition coefficient (Wildman–Crippen LogP) is 3.06. The van der Waals surface area contributed by atoms with Crippen molar-refractivity contribution in [1.82, 2.24) is 4.98 Å². The fourth-order valence-electron chi connectivity index (χ4n) is 1.67. The number of hydrogen-bond acceptors (Lipinski definition) is 3. The maximum absolute atomic E-state index is 12.2. The van der Waals surface area contributed by atoms with Crippen molar-refractivity contribution in [2.24, 2.45) is 0 Å². The summed E-state index contributed by atoms with van der Waals surface area (Å²) >= 11 is 5.83. The fourth-order valence-corrected chi connectivity index (χ4v) is 1.88. The number of rotatable bonds is 4. The van der Waals surface area contributed by atoms with Crippen LogP contribution < -0.4 is 4.74 Å². The molecule has 0 aliphatic rings. The Morgan fingerprint density at radius 3 is 2.78 bits per heavy atom. The molecule has 0 aliphatic heterocycles. The summed E-state index contributed by atoms with van der Waals surface area (Å²) in [4.78, 5) is 16.2. The molecule has 1 aromatic heterocycles. The van der Waals surface area contributed by atoms with Gasteiger partial charge in [0.1, 0.15) is 11.4 Å². The molecule has 1 aromatic carbocycles. The lowest BCUT2D eigenvalue weighted by Crippen LogP contribution is -2.04. The van der Waals surface area contributed by atoms with Gasteiger partial charge in [-0.2, -0.15) is 0 Å². The van der Waals surface area contributed by atoms with Gasteiger partial charge >= 0.3 is 0 Å². The van der Waals surface area contributed by atoms with Gasteiger partial charge in [0.15, 0.2) is 0 Å². The first-order valence-electron chi connectivity index (χ1n) is 5.45. The molecular weight excluding hydrogens is 250 g/mol. The Labute approximate surface area is 110 Å². The van der Waals surface area contributed by atoms with Crippen LogP contribution in [0.1, 0.15) is 21.6 Å². The molecule has 0 N–H and O–H groups in total. The molecule has 0 spiro atoms. The van der Waals surface area contributed by atoms with Gasteiger partial charge in [0.05, 0.1) is 13.0 Å². The van der Waals surface area contributed by atoms with Gasteiger partial charge in [-0.15, -0.1) is 11.6 Å². The largest absolute Gasteiger partial charge is 0.496 e. The van der Waals surface area contributed by atoms with E-state index < -0.39 is 0 Å². The number of benzene rings is 1. The van der Waals surface area contributed by atoms with Crippen molar-refractivity contribution in [3.8, 4) is 5.75 Å². The first kappa shape index (κ1) is 12.6. The minimum atomic E-state index is -0.121. The third-order valence-electron chi connectivity index (χ3n) is 2.58. The normalized spacial score (nSPS) is 10.1. The van der Waals surface area contributed by atoms with E-state index in [1.54, 1.807) is 49.7 Å². The maximum atomic E-state index is 12.2. The third-order valence-corrected chi connectivity index (χ3v) is 2.87. The average Bonchev–Trinajstić information content (AvgIpc) is 2.46. The van der Waals surface area contributed by atoms with E-state index in [1.807, 2.05) is 0 Å². The third kappa shape index (κ3) is 2.51. The van der Waals surface area contributed by atoms with Crippen molar-refractivity contribution in [3.05, 3.63) is 59.4 Å². The minimum absolute atomic E-state index is 0.121. The van der Waals surface area contributed by atoms with Gasteiger partial charge in [0, 0.05) is 17.3 Å². The second-order valence-electron chi connectivity index (χ2n) is 3.70. The number of alkyl halides is 1. The smallest absolute Gasteiger partial charge is 0.211 e. The van der Waals surface area contributed by atoms with E-state index in [9.17, 15) is 4.79 Å². The highest BCUT2D eigenvalue weighted by atomic mass is 35.5. The molecule has 0 amide bonds. The molecule has 0 saturated heterocycles. The summed E-state index contributed by atoms with van der Waals surface area (Å²) in [7, 11) is 1.58. The molecule has 18 heavy (non-hydrogen) atoms. The van der Waals surface area contributed by atoms with Gasteiger partial charge in [-0.05, 0) is 30.3 Å². The number of pyridine rings is 1. The topological polar surface area (TPSA) is 39.2 Å². The molecule has 2 aromatic rings. The van der Waals surface area contributed by atoms with Crippen LogP contribution in [0.2, 0.25) is 0 Å². The summed E-state index contributed by atoms with van der Waals surface area (Å²) in [6.07, 6.45) is 1.60. The van der Waals surface area contributed by atoms with Crippen molar-refractivity contribution in [3.63, 3.8) is 0 Å². The van der Waals surface area contributed by atoms with Crippen molar-refractivity contribution in [2.75, 3.05) is 7.11 Å². The standard InChI is InChI=1S/C14H12ClNO2/c1-18-13-6-5-10(8-11(13)9-15)14(17)12-4-2-3-7-16-12/h2-8H,9H2,1H3. The summed E-state index contributed by atoms with van der Waals surface area (Å²) in [5.74, 6) is 0.860. The summed E-state index contributed by atoms with van der Waals surface area (Å²) in [5, 5.41) is 0. The number of carbonyl (C=O) groups is 1. The highest BCUT2D eigenvalue weighted by Crippen LogP contribution is 2.22. The number of nitrogens with zero attached hydrogens (tertiary/aromatic N) is 1. The van der Waals surface area contributed by atoms with E-state index in [2.05, 4.69) is 4.98 Å². The molecule has 2 rings (SSSR count). The quantitative estimate of drug-likeness (QED) is 0.627. The fraction of sp³-hybridized carbons (Fsp3) is 0.143. The molecule has 0 atom stereocenters. The van der Waals surface area contributed by atoms with Crippen LogP contribution in [0.4, 0.5) is 0 Å². The zero-order valence-corrected chi connectivity index (χ0v) is 10.6. The second-order valence-corrected chi connectivity index (χ2v) is 3.97. The molecule has 4 heteroatoms. The zero-order valence-electron chi connectivity index (χ0n) is 9.89. The van der Waals surface area contributed by atoms with Crippen LogP contribution >= 0.6 is 11.6 Å². The van der Waals surface area contributed by atoms with Crippen LogP contribution in [0.3, 0.4) is 0 Å². The first-order chi connectivity index (χ1) is 8.76. The number of halogens is 1. The first-order valence-corrected chi connectivity index (χ1v) is 5.98. The monoisotopic (exact) mass is 261 g/mol. The lowest BCUT2D eigenvalue weighted by atomic mass is 10.0. The van der Waals surface area contributed by atoms with E-state index >= 15 is 0 Å². The summed E-state index contributed by atoms with van der Waals surface area (Å²) in [6, 6.07) is 10.4. The molecule has 0 aliphatic carbocycles. The number of methoxy groups -OCH3 is 1. The molecule has 0 unspecified atom stereocenters. The van der Waals surface area contributed by atoms with Crippen LogP contribution in [0.15, 0.2) is 42.6 Å². The average molecular weight is 262 g/mol. The Bertz CT molecular complexity index is 555. The van der Waals surface area contributed by atoms with Gasteiger partial charge in [-0.3, -0.25) is 9.78 Å². The molecule has 1 heterocycles. The number of carbonyl (C=O) groups excluding carboxylic acids is 1. The Morgan fingerprint density at radius 2 is 2.17 bits per heavy atom. The van der Waals surface area contributed by atoms with Gasteiger partial charge in [-0.25, -0.2) is 0 Å². The Morgan fingerprint density at radius 1 is 1.33 bits per heavy atom. The van der Waals surface area contributed by atoms with E-state index in [1.165, 1.54) is 0 Å². The minimum Gasteiger partial charge on any atom is -0.496 e. The lowest BCUT2D eigenvalue weighted by Gasteiger charge is -2.07. The Balaban J connectivity index is 2.37.